The van der Waals surface area contributed by atoms with Gasteiger partial charge in [0.15, 0.2) is 0 Å². The highest BCUT2D eigenvalue weighted by Gasteiger charge is 2.61. The number of fused-ring (bicyclic) bond motifs is 3. The third kappa shape index (κ3) is 1.66. The molecular weight excluding hydrogens is 296 g/mol. The highest BCUT2D eigenvalue weighted by Crippen LogP contribution is 2.50. The van der Waals surface area contributed by atoms with Crippen molar-refractivity contribution in [1.29, 1.82) is 0 Å². The SMILES string of the molecule is CC1=C(C)C[C@]2([N+](=O)[O-])C=C([N+](=O)[O-])c3no[n+]([O-])c3[C@@H]2C1. The molecule has 0 fully saturated rings. The van der Waals surface area contributed by atoms with Crippen LogP contribution in [0.25, 0.3) is 5.70 Å². The highest BCUT2D eigenvalue weighted by molar-refractivity contribution is 5.62. The van der Waals surface area contributed by atoms with Crippen LogP contribution < -0.4 is 4.90 Å². The van der Waals surface area contributed by atoms with Crippen molar-refractivity contribution in [2.24, 2.45) is 0 Å². The van der Waals surface area contributed by atoms with Crippen LogP contribution in [0.1, 0.15) is 44.0 Å². The van der Waals surface area contributed by atoms with Crippen LogP contribution in [0.3, 0.4) is 0 Å². The zero-order valence-electron chi connectivity index (χ0n) is 11.8. The molecule has 2 aliphatic carbocycles. The summed E-state index contributed by atoms with van der Waals surface area (Å²) >= 11 is 0. The van der Waals surface area contributed by atoms with Gasteiger partial charge in [-0.2, -0.15) is 0 Å². The van der Waals surface area contributed by atoms with Gasteiger partial charge in [-0.3, -0.25) is 24.9 Å². The maximum absolute atomic E-state index is 11.8. The van der Waals surface area contributed by atoms with E-state index in [1.54, 1.807) is 6.92 Å². The lowest BCUT2D eigenvalue weighted by molar-refractivity contribution is -0.810. The maximum Gasteiger partial charge on any atom is 0.329 e. The van der Waals surface area contributed by atoms with Gasteiger partial charge >= 0.3 is 11.4 Å². The van der Waals surface area contributed by atoms with Crippen LogP contribution >= 0.6 is 0 Å². The Labute approximate surface area is 123 Å². The summed E-state index contributed by atoms with van der Waals surface area (Å²) in [6.45, 7) is 3.58. The first-order valence-corrected chi connectivity index (χ1v) is 6.55. The van der Waals surface area contributed by atoms with Crippen LogP contribution in [0, 0.1) is 25.4 Å². The van der Waals surface area contributed by atoms with Gasteiger partial charge in [-0.25, -0.2) is 0 Å². The Balaban J connectivity index is 2.33. The predicted octanol–water partition coefficient (Wildman–Crippen LogP) is 1.17. The Hall–Kier alpha value is -2.78. The molecule has 0 aromatic carbocycles. The molecule has 0 N–H and O–H groups in total. The van der Waals surface area contributed by atoms with Crippen molar-refractivity contribution in [3.63, 3.8) is 0 Å². The molecule has 2 aliphatic rings. The fourth-order valence-electron chi connectivity index (χ4n) is 3.26. The van der Waals surface area contributed by atoms with E-state index in [1.807, 2.05) is 6.92 Å². The minimum atomic E-state index is -1.73. The molecule has 10 heteroatoms. The molecule has 1 aromatic heterocycles. The first-order chi connectivity index (χ1) is 10.3. The quantitative estimate of drug-likeness (QED) is 0.345. The fraction of sp³-hybridized carbons (Fsp3) is 0.500. The van der Waals surface area contributed by atoms with E-state index in [-0.39, 0.29) is 29.1 Å². The van der Waals surface area contributed by atoms with Crippen molar-refractivity contribution in [2.75, 3.05) is 0 Å². The average molecular weight is 308 g/mol. The van der Waals surface area contributed by atoms with Gasteiger partial charge in [-0.05, 0) is 25.2 Å². The van der Waals surface area contributed by atoms with E-state index < -0.39 is 27.0 Å². The van der Waals surface area contributed by atoms with Crippen LogP contribution in [-0.2, 0) is 0 Å². The first-order valence-electron chi connectivity index (χ1n) is 6.55. The molecule has 0 saturated carbocycles. The maximum atomic E-state index is 11.8. The summed E-state index contributed by atoms with van der Waals surface area (Å²) in [5, 5.41) is 38.2. The third-order valence-corrected chi connectivity index (χ3v) is 4.53. The standard InChI is InChI=1S/C12H12N4O6/c1-6-3-8-11-10(13-22-15(11)19)9(14(17)18)5-12(8,16(20)21)4-7(6)2/h5,8H,3-4H2,1-2H3/t8-,12-/m0/s1. The number of allylic oxidation sites excluding steroid dienone is 1. The summed E-state index contributed by atoms with van der Waals surface area (Å²) in [6, 6.07) is 0. The molecule has 3 rings (SSSR count). The van der Waals surface area contributed by atoms with Crippen molar-refractivity contribution in [3.05, 3.63) is 54.0 Å². The molecular formula is C12H12N4O6. The van der Waals surface area contributed by atoms with Crippen LogP contribution in [0.5, 0.6) is 0 Å². The number of aromatic nitrogens is 2. The van der Waals surface area contributed by atoms with E-state index in [0.29, 0.717) is 0 Å². The molecule has 0 spiro atoms. The number of hydrogen-bond donors (Lipinski definition) is 0. The normalized spacial score (nSPS) is 27.0. The van der Waals surface area contributed by atoms with Crippen molar-refractivity contribution in [1.82, 2.24) is 5.16 Å². The van der Waals surface area contributed by atoms with Crippen LogP contribution in [0.4, 0.5) is 0 Å². The van der Waals surface area contributed by atoms with E-state index >= 15 is 0 Å². The molecule has 10 nitrogen and oxygen atoms in total. The topological polar surface area (TPSA) is 139 Å². The van der Waals surface area contributed by atoms with Crippen molar-refractivity contribution >= 4 is 5.70 Å². The summed E-state index contributed by atoms with van der Waals surface area (Å²) in [4.78, 5) is 21.7. The minimum Gasteiger partial charge on any atom is -0.359 e. The number of nitrogens with zero attached hydrogens (tertiary/aromatic N) is 4. The Morgan fingerprint density at radius 1 is 1.36 bits per heavy atom. The second-order valence-corrected chi connectivity index (χ2v) is 5.69. The monoisotopic (exact) mass is 308 g/mol. The Morgan fingerprint density at radius 3 is 2.64 bits per heavy atom. The lowest BCUT2D eigenvalue weighted by Gasteiger charge is -2.35. The number of hydrogen-bond acceptors (Lipinski definition) is 7. The second-order valence-electron chi connectivity index (χ2n) is 5.69. The highest BCUT2D eigenvalue weighted by atomic mass is 16.8. The van der Waals surface area contributed by atoms with Gasteiger partial charge in [0.25, 0.3) is 5.54 Å². The Kier molecular flexibility index (Phi) is 2.81. The average Bonchev–Trinajstić information content (AvgIpc) is 2.81. The largest absolute Gasteiger partial charge is 0.359 e. The lowest BCUT2D eigenvalue weighted by atomic mass is 9.66. The van der Waals surface area contributed by atoms with Crippen molar-refractivity contribution < 1.29 is 19.4 Å². The first kappa shape index (κ1) is 14.2. The van der Waals surface area contributed by atoms with Crippen LogP contribution in [-0.4, -0.2) is 20.5 Å². The molecule has 0 unspecified atom stereocenters. The van der Waals surface area contributed by atoms with Gasteiger partial charge < -0.3 is 5.21 Å². The molecule has 1 heterocycles. The molecule has 0 bridgehead atoms. The van der Waals surface area contributed by atoms with Crippen molar-refractivity contribution in [2.45, 2.75) is 38.1 Å². The van der Waals surface area contributed by atoms with E-state index in [0.717, 1.165) is 17.2 Å². The number of nitro groups is 2. The summed E-state index contributed by atoms with van der Waals surface area (Å²) in [5.74, 6) is -0.839. The second kappa shape index (κ2) is 4.36. The molecule has 0 saturated heterocycles. The fourth-order valence-corrected chi connectivity index (χ4v) is 3.26. The predicted molar refractivity (Wildman–Crippen MR) is 70.5 cm³/mol. The van der Waals surface area contributed by atoms with Gasteiger partial charge in [0.1, 0.15) is 5.92 Å². The lowest BCUT2D eigenvalue weighted by Crippen LogP contribution is -2.51. The molecule has 1 aromatic rings. The molecule has 22 heavy (non-hydrogen) atoms. The van der Waals surface area contributed by atoms with E-state index in [1.165, 1.54) is 0 Å². The van der Waals surface area contributed by atoms with Gasteiger partial charge in [0, 0.05) is 11.3 Å². The molecule has 2 atom stereocenters. The summed E-state index contributed by atoms with van der Waals surface area (Å²) in [6.07, 6.45) is 1.28. The molecule has 0 amide bonds. The Morgan fingerprint density at radius 2 is 2.05 bits per heavy atom. The summed E-state index contributed by atoms with van der Waals surface area (Å²) in [5.41, 5.74) is -0.936. The smallest absolute Gasteiger partial charge is 0.329 e. The molecule has 0 aliphatic heterocycles. The van der Waals surface area contributed by atoms with Gasteiger partial charge in [0.2, 0.25) is 5.69 Å². The minimum absolute atomic E-state index is 0.0124. The van der Waals surface area contributed by atoms with E-state index in [2.05, 4.69) is 9.79 Å². The van der Waals surface area contributed by atoms with Crippen LogP contribution in [0.2, 0.25) is 0 Å². The number of rotatable bonds is 2. The van der Waals surface area contributed by atoms with Gasteiger partial charge in [-0.1, -0.05) is 11.1 Å². The third-order valence-electron chi connectivity index (χ3n) is 4.53. The van der Waals surface area contributed by atoms with Gasteiger partial charge in [-0.15, -0.1) is 0 Å². The molecule has 0 radical (unpaired) electrons. The van der Waals surface area contributed by atoms with E-state index in [9.17, 15) is 25.4 Å². The van der Waals surface area contributed by atoms with Crippen LogP contribution in [0.15, 0.2) is 21.9 Å². The van der Waals surface area contributed by atoms with Crippen molar-refractivity contribution in [3.8, 4) is 0 Å². The summed E-state index contributed by atoms with van der Waals surface area (Å²) in [7, 11) is 0. The summed E-state index contributed by atoms with van der Waals surface area (Å²) < 4.78 is 4.46. The molecule has 116 valence electrons. The Bertz CT molecular complexity index is 764. The zero-order valence-corrected chi connectivity index (χ0v) is 11.8. The zero-order chi connectivity index (χ0) is 16.2. The van der Waals surface area contributed by atoms with E-state index in [4.69, 9.17) is 0 Å². The van der Waals surface area contributed by atoms with Gasteiger partial charge in [0.05, 0.1) is 16.2 Å².